The van der Waals surface area contributed by atoms with Crippen LogP contribution in [0, 0.1) is 23.3 Å². The van der Waals surface area contributed by atoms with Crippen LogP contribution in [0.5, 0.6) is 11.5 Å². The zero-order valence-electron chi connectivity index (χ0n) is 35.7. The molecule has 0 aliphatic carbocycles. The first-order valence-electron chi connectivity index (χ1n) is 20.8. The molecule has 4 aromatic rings. The molecule has 0 aromatic heterocycles. The van der Waals surface area contributed by atoms with Crippen LogP contribution in [0.1, 0.15) is 0 Å². The van der Waals surface area contributed by atoms with Gasteiger partial charge in [0.05, 0.1) is 30.7 Å². The predicted octanol–water partition coefficient (Wildman–Crippen LogP) is 2.78. The Morgan fingerprint density at radius 2 is 0.971 bits per heavy atom. The molecule has 374 valence electrons. The second kappa shape index (κ2) is 23.2. The summed E-state index contributed by atoms with van der Waals surface area (Å²) in [5.74, 6) is -4.84. The van der Waals surface area contributed by atoms with Gasteiger partial charge >= 0.3 is 0 Å². The van der Waals surface area contributed by atoms with Gasteiger partial charge in [-0.3, -0.25) is 0 Å². The van der Waals surface area contributed by atoms with E-state index in [1.807, 2.05) is 0 Å². The third-order valence-electron chi connectivity index (χ3n) is 10.9. The average molecular weight is 1010 g/mol. The summed E-state index contributed by atoms with van der Waals surface area (Å²) in [5.41, 5.74) is -2.55. The molecule has 0 radical (unpaired) electrons. The minimum absolute atomic E-state index is 0.00801. The molecular formula is C43H46F4N4O16S2. The SMILES string of the molecule is CO[C@H]1O[C@H](CSc2cc(F)c(N=Nc3c(F)cc(S[C@H]4O[C@H](CO)[C@@H](O)[C@H](O)[C@@H]4O)cc3F)c(F)c2)[C@@H](O)[C@H](Oc2ccc(N=Nc3ccc(O[C@H]4O[C@H](CO)[C@@H](O)[C@H](O)[C@@H]4O)cc3)cc2)[C@@H]1O. The van der Waals surface area contributed by atoms with Gasteiger partial charge in [-0.1, -0.05) is 11.8 Å². The molecule has 3 heterocycles. The molecule has 0 bridgehead atoms. The Morgan fingerprint density at radius 1 is 0.507 bits per heavy atom. The average Bonchev–Trinajstić information content (AvgIpc) is 3.33. The van der Waals surface area contributed by atoms with Crippen LogP contribution in [0.15, 0.2) is 103 Å². The highest BCUT2D eigenvalue weighted by Gasteiger charge is 2.47. The third kappa shape index (κ3) is 12.2. The number of hydrogen-bond acceptors (Lipinski definition) is 22. The quantitative estimate of drug-likeness (QED) is 0.0438. The Bertz CT molecular complexity index is 2370. The van der Waals surface area contributed by atoms with E-state index in [0.717, 1.165) is 36.0 Å². The van der Waals surface area contributed by atoms with Crippen molar-refractivity contribution in [3.8, 4) is 11.5 Å². The van der Waals surface area contributed by atoms with E-state index in [0.29, 0.717) is 23.1 Å². The molecule has 3 aliphatic rings. The van der Waals surface area contributed by atoms with Crippen LogP contribution in [-0.4, -0.2) is 168 Å². The molecule has 3 aliphatic heterocycles. The maximum Gasteiger partial charge on any atom is 0.229 e. The van der Waals surface area contributed by atoms with Gasteiger partial charge in [0.1, 0.15) is 78.0 Å². The molecule has 20 nitrogen and oxygen atoms in total. The zero-order valence-corrected chi connectivity index (χ0v) is 37.4. The molecule has 0 spiro atoms. The van der Waals surface area contributed by atoms with Gasteiger partial charge in [0.2, 0.25) is 6.29 Å². The maximum atomic E-state index is 15.2. The van der Waals surface area contributed by atoms with Crippen LogP contribution in [0.25, 0.3) is 0 Å². The standard InChI is InChI=1S/C43H46F4N4O16S2/c1-62-41-39(61)40(63-19-6-2-17(3-7-19)48-49-18-4-8-20(9-5-18)64-42-37(59)35(57)32(54)27(14-52)65-42)34(56)29(66-41)16-68-21-10-23(44)30(24(45)11-21)50-51-31-25(46)12-22(13-26(31)47)69-43-38(60)36(58)33(55)28(15-53)67-43/h2-13,27-29,32-43,52-61H,14-16H2,1H3/t27-,28-,29-,32-,33-,34-,35+,36+,37+,38+,39+,40+,41+,42+,43-/m1/s1. The van der Waals surface area contributed by atoms with E-state index in [2.05, 4.69) is 20.5 Å². The summed E-state index contributed by atoms with van der Waals surface area (Å²) >= 11 is 1.42. The van der Waals surface area contributed by atoms with Crippen LogP contribution >= 0.6 is 23.5 Å². The lowest BCUT2D eigenvalue weighted by atomic mass is 9.99. The lowest BCUT2D eigenvalue weighted by Crippen LogP contribution is -2.60. The molecule has 15 atom stereocenters. The number of benzene rings is 4. The van der Waals surface area contributed by atoms with Crippen molar-refractivity contribution in [1.82, 2.24) is 0 Å². The molecule has 4 aromatic carbocycles. The number of halogens is 4. The smallest absolute Gasteiger partial charge is 0.229 e. The van der Waals surface area contributed by atoms with E-state index >= 15 is 17.6 Å². The van der Waals surface area contributed by atoms with Crippen molar-refractivity contribution in [2.24, 2.45) is 20.5 Å². The third-order valence-corrected chi connectivity index (χ3v) is 13.1. The maximum absolute atomic E-state index is 15.2. The van der Waals surface area contributed by atoms with Gasteiger partial charge in [-0.15, -0.1) is 22.0 Å². The van der Waals surface area contributed by atoms with Crippen LogP contribution in [0.3, 0.4) is 0 Å². The monoisotopic (exact) mass is 1010 g/mol. The van der Waals surface area contributed by atoms with E-state index in [1.165, 1.54) is 31.4 Å². The molecule has 0 amide bonds. The number of hydrogen-bond donors (Lipinski definition) is 10. The first-order valence-corrected chi connectivity index (χ1v) is 22.7. The minimum atomic E-state index is -1.73. The normalized spacial score (nSPS) is 31.9. The largest absolute Gasteiger partial charge is 0.485 e. The highest BCUT2D eigenvalue weighted by molar-refractivity contribution is 8.00. The highest BCUT2D eigenvalue weighted by Crippen LogP contribution is 2.38. The Balaban J connectivity index is 0.936. The number of rotatable bonds is 16. The topological polar surface area (TPSA) is 307 Å². The summed E-state index contributed by atoms with van der Waals surface area (Å²) in [4.78, 5) is -0.167. The van der Waals surface area contributed by atoms with Gasteiger partial charge in [0, 0.05) is 22.7 Å². The van der Waals surface area contributed by atoms with Crippen LogP contribution in [0.2, 0.25) is 0 Å². The van der Waals surface area contributed by atoms with Crippen molar-refractivity contribution in [3.63, 3.8) is 0 Å². The number of thioether (sulfide) groups is 2. The molecule has 69 heavy (non-hydrogen) atoms. The van der Waals surface area contributed by atoms with E-state index < -0.39 is 139 Å². The molecular weight excluding hydrogens is 969 g/mol. The molecule has 0 saturated carbocycles. The molecule has 3 saturated heterocycles. The Morgan fingerprint density at radius 3 is 1.48 bits per heavy atom. The van der Waals surface area contributed by atoms with E-state index in [-0.39, 0.29) is 27.0 Å². The molecule has 3 fully saturated rings. The number of azo groups is 2. The first kappa shape index (κ1) is 52.4. The Kier molecular flexibility index (Phi) is 17.6. The molecule has 7 rings (SSSR count). The van der Waals surface area contributed by atoms with Crippen molar-refractivity contribution in [3.05, 3.63) is 96.1 Å². The fraction of sp³-hybridized carbons (Fsp3) is 0.442. The van der Waals surface area contributed by atoms with Gasteiger partial charge in [-0.2, -0.15) is 10.2 Å². The van der Waals surface area contributed by atoms with Gasteiger partial charge in [-0.05, 0) is 72.8 Å². The number of ether oxygens (including phenoxy) is 6. The lowest BCUT2D eigenvalue weighted by molar-refractivity contribution is -0.280. The van der Waals surface area contributed by atoms with Crippen molar-refractivity contribution >= 4 is 46.3 Å². The van der Waals surface area contributed by atoms with Crippen LogP contribution < -0.4 is 9.47 Å². The highest BCUT2D eigenvalue weighted by atomic mass is 32.2. The zero-order chi connectivity index (χ0) is 49.7. The summed E-state index contributed by atoms with van der Waals surface area (Å²) in [6.45, 7) is -1.33. The molecule has 10 N–H and O–H groups in total. The van der Waals surface area contributed by atoms with Crippen molar-refractivity contribution < 1.29 is 97.0 Å². The Labute approximate surface area is 397 Å². The second-order valence-corrected chi connectivity index (χ2v) is 17.9. The van der Waals surface area contributed by atoms with Gasteiger partial charge in [0.25, 0.3) is 0 Å². The Hall–Kier alpha value is -4.46. The number of nitrogens with zero attached hydrogens (tertiary/aromatic N) is 4. The number of aliphatic hydroxyl groups excluding tert-OH is 10. The molecule has 26 heteroatoms. The summed E-state index contributed by atoms with van der Waals surface area (Å²) in [6.07, 6.45) is -20.3. The van der Waals surface area contributed by atoms with Crippen LogP contribution in [0.4, 0.5) is 40.3 Å². The molecule has 0 unspecified atom stereocenters. The second-order valence-electron chi connectivity index (χ2n) is 15.6. The van der Waals surface area contributed by atoms with E-state index in [1.54, 1.807) is 24.3 Å². The van der Waals surface area contributed by atoms with E-state index in [4.69, 9.17) is 28.4 Å². The van der Waals surface area contributed by atoms with Crippen molar-refractivity contribution in [1.29, 1.82) is 0 Å². The van der Waals surface area contributed by atoms with E-state index in [9.17, 15) is 51.1 Å². The summed E-state index contributed by atoms with van der Waals surface area (Å²) in [5, 5.41) is 117. The van der Waals surface area contributed by atoms with Gasteiger partial charge in [-0.25, -0.2) is 17.6 Å². The number of aliphatic hydroxyl groups is 10. The lowest BCUT2D eigenvalue weighted by Gasteiger charge is -2.41. The number of methoxy groups -OCH3 is 1. The summed E-state index contributed by atoms with van der Waals surface area (Å²) in [6, 6.07) is 15.5. The van der Waals surface area contributed by atoms with Crippen molar-refractivity contribution in [2.75, 3.05) is 26.1 Å². The minimum Gasteiger partial charge on any atom is -0.485 e. The van der Waals surface area contributed by atoms with Crippen LogP contribution in [-0.2, 0) is 18.9 Å². The van der Waals surface area contributed by atoms with Crippen molar-refractivity contribution in [2.45, 2.75) is 101 Å². The first-order chi connectivity index (χ1) is 33.0. The fourth-order valence-corrected chi connectivity index (χ4v) is 9.25. The summed E-state index contributed by atoms with van der Waals surface area (Å²) in [7, 11) is 1.25. The predicted molar refractivity (Wildman–Crippen MR) is 231 cm³/mol. The van der Waals surface area contributed by atoms with Gasteiger partial charge < -0.3 is 79.5 Å². The fourth-order valence-electron chi connectivity index (χ4n) is 7.13. The summed E-state index contributed by atoms with van der Waals surface area (Å²) < 4.78 is 93.7. The van der Waals surface area contributed by atoms with Gasteiger partial charge in [0.15, 0.2) is 47.0 Å².